The number of rotatable bonds is 3. The summed E-state index contributed by atoms with van der Waals surface area (Å²) in [6, 6.07) is 0. The maximum absolute atomic E-state index is 10.5. The third-order valence-corrected chi connectivity index (χ3v) is 2.01. The summed E-state index contributed by atoms with van der Waals surface area (Å²) >= 11 is 0. The second kappa shape index (κ2) is 3.64. The third-order valence-electron chi connectivity index (χ3n) is 2.01. The molecule has 0 spiro atoms. The maximum atomic E-state index is 10.5. The summed E-state index contributed by atoms with van der Waals surface area (Å²) in [5.41, 5.74) is 1.04. The van der Waals surface area contributed by atoms with Crippen molar-refractivity contribution in [2.24, 2.45) is 0 Å². The quantitative estimate of drug-likeness (QED) is 0.781. The van der Waals surface area contributed by atoms with E-state index < -0.39 is 5.97 Å². The molecule has 2 heterocycles. The van der Waals surface area contributed by atoms with Crippen LogP contribution in [-0.2, 0) is 17.6 Å². The molecule has 0 atom stereocenters. The zero-order valence-corrected chi connectivity index (χ0v) is 8.21. The molecule has 0 aliphatic rings. The minimum atomic E-state index is -0.943. The third kappa shape index (κ3) is 1.93. The van der Waals surface area contributed by atoms with Gasteiger partial charge in [-0.3, -0.25) is 4.79 Å². The molecule has 0 radical (unpaired) electrons. The number of nitrogens with zero attached hydrogens (tertiary/aromatic N) is 4. The van der Waals surface area contributed by atoms with Gasteiger partial charge in [-0.05, 0) is 12.0 Å². The highest BCUT2D eigenvalue weighted by Crippen LogP contribution is 2.02. The number of carboxylic acids is 1. The first kappa shape index (κ1) is 9.57. The molecular formula is C9H10N4O2. The summed E-state index contributed by atoms with van der Waals surface area (Å²) < 4.78 is 1.51. The number of aliphatic carboxylic acids is 1. The van der Waals surface area contributed by atoms with E-state index in [1.54, 1.807) is 12.4 Å². The molecule has 78 valence electrons. The van der Waals surface area contributed by atoms with Gasteiger partial charge in [0.25, 0.3) is 5.78 Å². The Bertz CT molecular complexity index is 506. The van der Waals surface area contributed by atoms with Crippen molar-refractivity contribution in [3.63, 3.8) is 0 Å². The number of hydrogen-bond donors (Lipinski definition) is 1. The monoisotopic (exact) mass is 206 g/mol. The first-order valence-corrected chi connectivity index (χ1v) is 4.61. The molecule has 0 aliphatic heterocycles. The van der Waals surface area contributed by atoms with Crippen molar-refractivity contribution in [3.05, 3.63) is 23.8 Å². The fourth-order valence-electron chi connectivity index (χ4n) is 1.26. The van der Waals surface area contributed by atoms with Gasteiger partial charge >= 0.3 is 5.97 Å². The molecule has 0 unspecified atom stereocenters. The lowest BCUT2D eigenvalue weighted by molar-refractivity contribution is -0.136. The van der Waals surface area contributed by atoms with Crippen LogP contribution in [0, 0.1) is 0 Å². The van der Waals surface area contributed by atoms with E-state index in [2.05, 4.69) is 15.1 Å². The van der Waals surface area contributed by atoms with E-state index in [4.69, 9.17) is 5.11 Å². The van der Waals surface area contributed by atoms with Crippen molar-refractivity contribution in [2.45, 2.75) is 19.8 Å². The fraction of sp³-hybridized carbons (Fsp3) is 0.333. The Hall–Kier alpha value is -1.98. The normalized spacial score (nSPS) is 10.7. The summed E-state index contributed by atoms with van der Waals surface area (Å²) in [6.45, 7) is 2.01. The summed E-state index contributed by atoms with van der Waals surface area (Å²) in [4.78, 5) is 18.5. The van der Waals surface area contributed by atoms with Crippen molar-refractivity contribution in [1.82, 2.24) is 19.6 Å². The Morgan fingerprint density at radius 2 is 2.40 bits per heavy atom. The smallest absolute Gasteiger partial charge is 0.311 e. The Labute approximate surface area is 85.6 Å². The fourth-order valence-corrected chi connectivity index (χ4v) is 1.26. The van der Waals surface area contributed by atoms with Crippen molar-refractivity contribution < 1.29 is 9.90 Å². The highest BCUT2D eigenvalue weighted by Gasteiger charge is 2.08. The SMILES string of the molecule is CCc1cnc2nc(CC(=O)O)nn2c1. The summed E-state index contributed by atoms with van der Waals surface area (Å²) in [5.74, 6) is -0.228. The van der Waals surface area contributed by atoms with Crippen molar-refractivity contribution in [3.8, 4) is 0 Å². The molecule has 0 saturated carbocycles. The van der Waals surface area contributed by atoms with Crippen LogP contribution >= 0.6 is 0 Å². The van der Waals surface area contributed by atoms with Crippen LogP contribution in [0.25, 0.3) is 5.78 Å². The summed E-state index contributed by atoms with van der Waals surface area (Å²) in [6.07, 6.45) is 4.21. The van der Waals surface area contributed by atoms with Crippen LogP contribution in [0.1, 0.15) is 18.3 Å². The van der Waals surface area contributed by atoms with Gasteiger partial charge in [0.15, 0.2) is 5.82 Å². The zero-order valence-electron chi connectivity index (χ0n) is 8.21. The van der Waals surface area contributed by atoms with Gasteiger partial charge in [0.05, 0.1) is 0 Å². The summed E-state index contributed by atoms with van der Waals surface area (Å²) in [5, 5.41) is 12.6. The molecule has 0 saturated heterocycles. The predicted octanol–water partition coefficient (Wildman–Crippen LogP) is 0.314. The molecule has 2 rings (SSSR count). The van der Waals surface area contributed by atoms with Crippen molar-refractivity contribution >= 4 is 11.7 Å². The molecule has 0 fully saturated rings. The highest BCUT2D eigenvalue weighted by atomic mass is 16.4. The van der Waals surface area contributed by atoms with E-state index in [1.165, 1.54) is 4.52 Å². The second-order valence-electron chi connectivity index (χ2n) is 3.16. The molecular weight excluding hydrogens is 196 g/mol. The molecule has 6 heteroatoms. The number of fused-ring (bicyclic) bond motifs is 1. The first-order valence-electron chi connectivity index (χ1n) is 4.61. The van der Waals surface area contributed by atoms with Gasteiger partial charge in [0.2, 0.25) is 0 Å². The van der Waals surface area contributed by atoms with Crippen molar-refractivity contribution in [1.29, 1.82) is 0 Å². The lowest BCUT2D eigenvalue weighted by Crippen LogP contribution is -2.02. The van der Waals surface area contributed by atoms with Gasteiger partial charge in [-0.15, -0.1) is 5.10 Å². The minimum absolute atomic E-state index is 0.176. The average Bonchev–Trinajstić information content (AvgIpc) is 2.57. The highest BCUT2D eigenvalue weighted by molar-refractivity contribution is 5.69. The molecule has 6 nitrogen and oxygen atoms in total. The number of carboxylic acid groups (broad SMARTS) is 1. The second-order valence-corrected chi connectivity index (χ2v) is 3.16. The van der Waals surface area contributed by atoms with E-state index in [1.807, 2.05) is 6.92 Å². The van der Waals surface area contributed by atoms with Gasteiger partial charge in [-0.2, -0.15) is 4.98 Å². The van der Waals surface area contributed by atoms with Crippen LogP contribution in [0.15, 0.2) is 12.4 Å². The van der Waals surface area contributed by atoms with Crippen LogP contribution in [0.2, 0.25) is 0 Å². The number of aryl methyl sites for hydroxylation is 1. The van der Waals surface area contributed by atoms with Crippen LogP contribution < -0.4 is 0 Å². The van der Waals surface area contributed by atoms with Crippen LogP contribution in [0.3, 0.4) is 0 Å². The van der Waals surface area contributed by atoms with E-state index in [0.717, 1.165) is 12.0 Å². The first-order chi connectivity index (χ1) is 7.19. The van der Waals surface area contributed by atoms with E-state index in [0.29, 0.717) is 5.78 Å². The summed E-state index contributed by atoms with van der Waals surface area (Å²) in [7, 11) is 0. The van der Waals surface area contributed by atoms with Gasteiger partial charge in [0.1, 0.15) is 6.42 Å². The standard InChI is InChI=1S/C9H10N4O2/c1-2-6-4-10-9-11-7(3-8(14)15)12-13(9)5-6/h4-5H,2-3H2,1H3,(H,14,15). The molecule has 1 N–H and O–H groups in total. The Morgan fingerprint density at radius 1 is 1.60 bits per heavy atom. The van der Waals surface area contributed by atoms with E-state index in [9.17, 15) is 4.79 Å². The van der Waals surface area contributed by atoms with Crippen LogP contribution in [-0.4, -0.2) is 30.7 Å². The van der Waals surface area contributed by atoms with Gasteiger partial charge in [-0.1, -0.05) is 6.92 Å². The number of hydrogen-bond acceptors (Lipinski definition) is 4. The van der Waals surface area contributed by atoms with Gasteiger partial charge in [0, 0.05) is 12.4 Å². The molecule has 0 bridgehead atoms. The van der Waals surface area contributed by atoms with E-state index in [-0.39, 0.29) is 12.2 Å². The zero-order chi connectivity index (χ0) is 10.8. The van der Waals surface area contributed by atoms with E-state index >= 15 is 0 Å². The molecule has 2 aromatic rings. The van der Waals surface area contributed by atoms with Crippen molar-refractivity contribution in [2.75, 3.05) is 0 Å². The lowest BCUT2D eigenvalue weighted by Gasteiger charge is -1.94. The Kier molecular flexibility index (Phi) is 2.32. The molecule has 15 heavy (non-hydrogen) atoms. The van der Waals surface area contributed by atoms with Crippen LogP contribution in [0.4, 0.5) is 0 Å². The Balaban J connectivity index is 2.42. The van der Waals surface area contributed by atoms with Crippen LogP contribution in [0.5, 0.6) is 0 Å². The number of aromatic nitrogens is 4. The topological polar surface area (TPSA) is 80.4 Å². The lowest BCUT2D eigenvalue weighted by atomic mass is 10.3. The Morgan fingerprint density at radius 3 is 3.07 bits per heavy atom. The van der Waals surface area contributed by atoms with Gasteiger partial charge in [-0.25, -0.2) is 9.50 Å². The molecule has 2 aromatic heterocycles. The maximum Gasteiger partial charge on any atom is 0.311 e. The molecule has 0 aromatic carbocycles. The minimum Gasteiger partial charge on any atom is -0.481 e. The largest absolute Gasteiger partial charge is 0.481 e. The number of carbonyl (C=O) groups is 1. The molecule has 0 aliphatic carbocycles. The van der Waals surface area contributed by atoms with Gasteiger partial charge < -0.3 is 5.11 Å². The predicted molar refractivity (Wildman–Crippen MR) is 51.5 cm³/mol. The molecule has 0 amide bonds. The average molecular weight is 206 g/mol.